The molecule has 0 spiro atoms. The topological polar surface area (TPSA) is 76.1 Å². The van der Waals surface area contributed by atoms with Crippen LogP contribution >= 0.6 is 22.9 Å². The van der Waals surface area contributed by atoms with Crippen molar-refractivity contribution in [1.82, 2.24) is 4.98 Å². The van der Waals surface area contributed by atoms with Crippen LogP contribution in [0.5, 0.6) is 0 Å². The number of sulfone groups is 1. The van der Waals surface area contributed by atoms with Crippen LogP contribution in [-0.2, 0) is 16.3 Å². The number of aryl methyl sites for hydroxylation is 1. The summed E-state index contributed by atoms with van der Waals surface area (Å²) in [5.74, 6) is -0.760. The van der Waals surface area contributed by atoms with E-state index < -0.39 is 15.7 Å². The van der Waals surface area contributed by atoms with Crippen LogP contribution in [0.2, 0.25) is 5.02 Å². The summed E-state index contributed by atoms with van der Waals surface area (Å²) in [5, 5.41) is 3.06. The van der Waals surface area contributed by atoms with Gasteiger partial charge in [-0.25, -0.2) is 17.8 Å². The smallest absolute Gasteiger partial charge is 0.257 e. The number of nitrogens with zero attached hydrogens (tertiary/aromatic N) is 1. The number of benzene rings is 2. The molecule has 0 radical (unpaired) electrons. The van der Waals surface area contributed by atoms with Crippen molar-refractivity contribution in [1.29, 1.82) is 0 Å². The van der Waals surface area contributed by atoms with Gasteiger partial charge in [0.05, 0.1) is 9.92 Å². The molecular weight excluding hydrogens is 423 g/mol. The summed E-state index contributed by atoms with van der Waals surface area (Å²) in [6, 6.07) is 9.08. The van der Waals surface area contributed by atoms with Crippen LogP contribution in [0.1, 0.15) is 26.4 Å². The SMILES string of the molecule is Cc1ccc(Cc2cnc(NC(=O)c3ccc(Cl)c(S(C)(=O)=O)c3)s2)cc1F. The zero-order chi connectivity index (χ0) is 20.5. The Morgan fingerprint density at radius 2 is 2.00 bits per heavy atom. The van der Waals surface area contributed by atoms with E-state index in [-0.39, 0.29) is 21.3 Å². The monoisotopic (exact) mass is 438 g/mol. The van der Waals surface area contributed by atoms with Gasteiger partial charge in [0.15, 0.2) is 15.0 Å². The second-order valence-electron chi connectivity index (χ2n) is 6.26. The number of aromatic nitrogens is 1. The minimum atomic E-state index is -3.56. The molecule has 0 atom stereocenters. The molecule has 1 heterocycles. The van der Waals surface area contributed by atoms with Gasteiger partial charge >= 0.3 is 0 Å². The Morgan fingerprint density at radius 3 is 2.68 bits per heavy atom. The molecule has 3 rings (SSSR count). The van der Waals surface area contributed by atoms with E-state index in [4.69, 9.17) is 11.6 Å². The van der Waals surface area contributed by atoms with Crippen LogP contribution in [0.3, 0.4) is 0 Å². The molecule has 0 unspecified atom stereocenters. The quantitative estimate of drug-likeness (QED) is 0.636. The minimum Gasteiger partial charge on any atom is -0.298 e. The van der Waals surface area contributed by atoms with Crippen LogP contribution in [0.25, 0.3) is 0 Å². The molecule has 1 N–H and O–H groups in total. The van der Waals surface area contributed by atoms with Crippen molar-refractivity contribution in [2.24, 2.45) is 0 Å². The first-order chi connectivity index (χ1) is 13.1. The van der Waals surface area contributed by atoms with E-state index in [0.717, 1.165) is 16.7 Å². The number of hydrogen-bond acceptors (Lipinski definition) is 5. The van der Waals surface area contributed by atoms with E-state index in [0.29, 0.717) is 17.1 Å². The molecule has 1 amide bonds. The highest BCUT2D eigenvalue weighted by Gasteiger charge is 2.17. The first-order valence-corrected chi connectivity index (χ1v) is 11.2. The molecule has 0 saturated carbocycles. The van der Waals surface area contributed by atoms with Crippen molar-refractivity contribution in [2.45, 2.75) is 18.2 Å². The van der Waals surface area contributed by atoms with Gasteiger partial charge in [-0.2, -0.15) is 0 Å². The third kappa shape index (κ3) is 4.76. The largest absolute Gasteiger partial charge is 0.298 e. The Balaban J connectivity index is 1.74. The Hall–Kier alpha value is -2.29. The van der Waals surface area contributed by atoms with Gasteiger partial charge in [0.1, 0.15) is 5.82 Å². The van der Waals surface area contributed by atoms with E-state index in [1.165, 1.54) is 35.6 Å². The van der Waals surface area contributed by atoms with Gasteiger partial charge in [0.25, 0.3) is 5.91 Å². The zero-order valence-corrected chi connectivity index (χ0v) is 17.4. The average Bonchev–Trinajstić information content (AvgIpc) is 3.04. The summed E-state index contributed by atoms with van der Waals surface area (Å²) in [6.07, 6.45) is 3.13. The predicted molar refractivity (Wildman–Crippen MR) is 109 cm³/mol. The first kappa shape index (κ1) is 20.4. The predicted octanol–water partition coefficient (Wildman–Crippen LogP) is 4.49. The van der Waals surface area contributed by atoms with Gasteiger partial charge in [0.2, 0.25) is 0 Å². The van der Waals surface area contributed by atoms with Gasteiger partial charge < -0.3 is 0 Å². The zero-order valence-electron chi connectivity index (χ0n) is 15.0. The van der Waals surface area contributed by atoms with Crippen LogP contribution in [0, 0.1) is 12.7 Å². The molecule has 0 fully saturated rings. The average molecular weight is 439 g/mol. The molecule has 0 aliphatic rings. The third-order valence-corrected chi connectivity index (χ3v) is 6.47. The van der Waals surface area contributed by atoms with Crippen LogP contribution in [-0.4, -0.2) is 25.6 Å². The van der Waals surface area contributed by atoms with E-state index in [2.05, 4.69) is 10.3 Å². The van der Waals surface area contributed by atoms with E-state index in [1.807, 2.05) is 6.07 Å². The van der Waals surface area contributed by atoms with E-state index >= 15 is 0 Å². The Bertz CT molecular complexity index is 1160. The number of thiazole rings is 1. The molecule has 0 saturated heterocycles. The fraction of sp³-hybridized carbons (Fsp3) is 0.158. The summed E-state index contributed by atoms with van der Waals surface area (Å²) in [6.45, 7) is 1.70. The highest BCUT2D eigenvalue weighted by atomic mass is 35.5. The second kappa shape index (κ2) is 7.98. The number of rotatable bonds is 5. The first-order valence-electron chi connectivity index (χ1n) is 8.14. The fourth-order valence-corrected chi connectivity index (χ4v) is 4.64. The Labute approximate surface area is 171 Å². The molecular formula is C19H16ClFN2O3S2. The Kier molecular flexibility index (Phi) is 5.83. The van der Waals surface area contributed by atoms with E-state index in [1.54, 1.807) is 19.2 Å². The van der Waals surface area contributed by atoms with Crippen molar-refractivity contribution in [3.05, 3.63) is 75.0 Å². The molecule has 1 aromatic heterocycles. The lowest BCUT2D eigenvalue weighted by Crippen LogP contribution is -2.12. The number of nitrogens with one attached hydrogen (secondary N) is 1. The molecule has 3 aromatic rings. The van der Waals surface area contributed by atoms with Crippen LogP contribution in [0.4, 0.5) is 9.52 Å². The number of carbonyl (C=O) groups is 1. The van der Waals surface area contributed by atoms with Gasteiger partial charge in [-0.15, -0.1) is 11.3 Å². The number of amides is 1. The third-order valence-electron chi connectivity index (χ3n) is 3.98. The number of carbonyl (C=O) groups excluding carboxylic acids is 1. The van der Waals surface area contributed by atoms with Crippen LogP contribution < -0.4 is 5.32 Å². The van der Waals surface area contributed by atoms with Gasteiger partial charge in [-0.05, 0) is 42.3 Å². The van der Waals surface area contributed by atoms with Crippen molar-refractivity contribution in [3.63, 3.8) is 0 Å². The summed E-state index contributed by atoms with van der Waals surface area (Å²) in [4.78, 5) is 17.3. The van der Waals surface area contributed by atoms with Crippen molar-refractivity contribution in [3.8, 4) is 0 Å². The summed E-state index contributed by atoms with van der Waals surface area (Å²) in [7, 11) is -3.56. The Morgan fingerprint density at radius 1 is 1.25 bits per heavy atom. The maximum absolute atomic E-state index is 13.7. The van der Waals surface area contributed by atoms with Crippen molar-refractivity contribution < 1.29 is 17.6 Å². The lowest BCUT2D eigenvalue weighted by molar-refractivity contribution is 0.102. The maximum Gasteiger partial charge on any atom is 0.257 e. The van der Waals surface area contributed by atoms with Crippen molar-refractivity contribution >= 4 is 43.8 Å². The lowest BCUT2D eigenvalue weighted by Gasteiger charge is -2.06. The summed E-state index contributed by atoms with van der Waals surface area (Å²) in [5.41, 5.74) is 1.54. The lowest BCUT2D eigenvalue weighted by atomic mass is 10.1. The van der Waals surface area contributed by atoms with Crippen LogP contribution in [0.15, 0.2) is 47.5 Å². The number of halogens is 2. The fourth-order valence-electron chi connectivity index (χ4n) is 2.49. The van der Waals surface area contributed by atoms with Gasteiger partial charge in [0, 0.05) is 29.3 Å². The molecule has 9 heteroatoms. The normalized spacial score (nSPS) is 11.4. The van der Waals surface area contributed by atoms with Gasteiger partial charge in [-0.1, -0.05) is 23.7 Å². The molecule has 2 aromatic carbocycles. The number of hydrogen-bond donors (Lipinski definition) is 1. The molecule has 5 nitrogen and oxygen atoms in total. The molecule has 0 aliphatic heterocycles. The standard InChI is InChI=1S/C19H16ClFN2O3S2/c1-11-3-4-12(8-16(11)21)7-14-10-22-19(27-14)23-18(24)13-5-6-15(20)17(9-13)28(2,25)26/h3-6,8-10H,7H2,1-2H3,(H,22,23,24). The molecule has 146 valence electrons. The second-order valence-corrected chi connectivity index (χ2v) is 9.77. The molecule has 28 heavy (non-hydrogen) atoms. The molecule has 0 bridgehead atoms. The highest BCUT2D eigenvalue weighted by molar-refractivity contribution is 7.90. The summed E-state index contributed by atoms with van der Waals surface area (Å²) >= 11 is 7.16. The maximum atomic E-state index is 13.7. The summed E-state index contributed by atoms with van der Waals surface area (Å²) < 4.78 is 37.2. The minimum absolute atomic E-state index is 0.0564. The van der Waals surface area contributed by atoms with Crippen molar-refractivity contribution in [2.75, 3.05) is 11.6 Å². The highest BCUT2D eigenvalue weighted by Crippen LogP contribution is 2.25. The van der Waals surface area contributed by atoms with E-state index in [9.17, 15) is 17.6 Å². The van der Waals surface area contributed by atoms with Gasteiger partial charge in [-0.3, -0.25) is 10.1 Å². The molecule has 0 aliphatic carbocycles. The number of anilines is 1.